The number of rotatable bonds is 0. The van der Waals surface area contributed by atoms with Crippen LogP contribution in [0.1, 0.15) is 0 Å². The fourth-order valence-electron chi connectivity index (χ4n) is 1.47. The molecule has 0 saturated heterocycles. The van der Waals surface area contributed by atoms with Crippen LogP contribution in [-0.4, -0.2) is 29.0 Å². The molecule has 0 aromatic carbocycles. The molecule has 2 aromatic heterocycles. The van der Waals surface area contributed by atoms with Gasteiger partial charge >= 0.3 is 5.69 Å². The predicted molar refractivity (Wildman–Crippen MR) is 60.0 cm³/mol. The van der Waals surface area contributed by atoms with E-state index in [9.17, 15) is 9.59 Å². The fraction of sp³-hybridized carbons (Fsp3) is 0.375. The third kappa shape index (κ3) is 2.21. The number of hydrogen-bond donors (Lipinski definition) is 1. The van der Waals surface area contributed by atoms with Gasteiger partial charge < -0.3 is 9.77 Å². The first kappa shape index (κ1) is 13.4. The lowest BCUT2D eigenvalue weighted by atomic mass is 10.5. The molecule has 10 heteroatoms. The molecule has 0 bridgehead atoms. The maximum absolute atomic E-state index is 11.7. The van der Waals surface area contributed by atoms with E-state index in [4.69, 9.17) is 15.3 Å². The lowest BCUT2D eigenvalue weighted by molar-refractivity contribution is -0.742. The quantitative estimate of drug-likeness (QED) is 0.458. The van der Waals surface area contributed by atoms with E-state index < -0.39 is 5.09 Å². The van der Waals surface area contributed by atoms with Crippen molar-refractivity contribution in [1.29, 1.82) is 0 Å². The van der Waals surface area contributed by atoms with E-state index in [1.165, 1.54) is 17.9 Å². The van der Waals surface area contributed by atoms with E-state index >= 15 is 0 Å². The number of imidazole rings is 1. The third-order valence-electron chi connectivity index (χ3n) is 2.32. The van der Waals surface area contributed by atoms with Gasteiger partial charge in [-0.3, -0.25) is 13.9 Å². The van der Waals surface area contributed by atoms with Crippen LogP contribution in [0.5, 0.6) is 0 Å². The average Bonchev–Trinajstić information content (AvgIpc) is 2.65. The Kier molecular flexibility index (Phi) is 3.50. The maximum atomic E-state index is 11.7. The Labute approximate surface area is 99.4 Å². The second-order valence-corrected chi connectivity index (χ2v) is 3.47. The van der Waals surface area contributed by atoms with Crippen LogP contribution >= 0.6 is 0 Å². The highest BCUT2D eigenvalue weighted by Gasteiger charge is 2.11. The molecule has 1 N–H and O–H groups in total. The van der Waals surface area contributed by atoms with E-state index in [2.05, 4.69) is 4.98 Å². The molecule has 2 heterocycles. The predicted octanol–water partition coefficient (Wildman–Crippen LogP) is -1.38. The highest BCUT2D eigenvalue weighted by atomic mass is 16.9. The summed E-state index contributed by atoms with van der Waals surface area (Å²) in [5, 5.41) is 13.6. The summed E-state index contributed by atoms with van der Waals surface area (Å²) < 4.78 is 4.04. The molecule has 0 unspecified atom stereocenters. The van der Waals surface area contributed by atoms with E-state index in [1.807, 2.05) is 0 Å². The summed E-state index contributed by atoms with van der Waals surface area (Å²) >= 11 is 0. The molecular weight excluding hydrogens is 246 g/mol. The zero-order valence-corrected chi connectivity index (χ0v) is 9.89. The van der Waals surface area contributed by atoms with Gasteiger partial charge in [0, 0.05) is 21.1 Å². The smallest absolute Gasteiger partial charge is 0.328 e. The Morgan fingerprint density at radius 3 is 2.28 bits per heavy atom. The number of nitrogens with zero attached hydrogens (tertiary/aromatic N) is 5. The van der Waals surface area contributed by atoms with Crippen molar-refractivity contribution >= 4 is 11.2 Å². The number of aromatic nitrogens is 4. The van der Waals surface area contributed by atoms with E-state index in [-0.39, 0.29) is 11.2 Å². The van der Waals surface area contributed by atoms with Crippen molar-refractivity contribution in [2.24, 2.45) is 21.1 Å². The normalized spacial score (nSPS) is 9.94. The summed E-state index contributed by atoms with van der Waals surface area (Å²) in [6.07, 6.45) is 1.52. The number of fused-ring (bicyclic) bond motifs is 1. The first-order valence-corrected chi connectivity index (χ1v) is 4.67. The lowest BCUT2D eigenvalue weighted by Gasteiger charge is -2.02. The van der Waals surface area contributed by atoms with Crippen LogP contribution in [0, 0.1) is 10.1 Å². The molecular formula is C8H11N5O5. The Bertz CT molecular complexity index is 705. The molecule has 0 saturated carbocycles. The van der Waals surface area contributed by atoms with Crippen LogP contribution in [0.15, 0.2) is 15.9 Å². The third-order valence-corrected chi connectivity index (χ3v) is 2.32. The van der Waals surface area contributed by atoms with Crippen LogP contribution in [0.4, 0.5) is 0 Å². The summed E-state index contributed by atoms with van der Waals surface area (Å²) in [6.45, 7) is 0. The minimum absolute atomic E-state index is 0.317. The van der Waals surface area contributed by atoms with Crippen molar-refractivity contribution in [2.45, 2.75) is 0 Å². The maximum Gasteiger partial charge on any atom is 0.332 e. The fourth-order valence-corrected chi connectivity index (χ4v) is 1.47. The van der Waals surface area contributed by atoms with Crippen LogP contribution in [0.3, 0.4) is 0 Å². The van der Waals surface area contributed by atoms with Crippen LogP contribution in [0.2, 0.25) is 0 Å². The standard InChI is InChI=1S/C8H10N4O2.HNO3/c1-10-4-9-6-5(10)7(13)12(3)8(14)11(6)2;2-1(3)4/h4H,1-3H3;(H,2,3,4). The minimum atomic E-state index is -1.50. The van der Waals surface area contributed by atoms with E-state index in [0.717, 1.165) is 4.57 Å². The Morgan fingerprint density at radius 1 is 1.28 bits per heavy atom. The minimum Gasteiger partial charge on any atom is -0.328 e. The van der Waals surface area contributed by atoms with Crippen LogP contribution < -0.4 is 11.2 Å². The molecule has 0 atom stereocenters. The highest BCUT2D eigenvalue weighted by molar-refractivity contribution is 5.69. The van der Waals surface area contributed by atoms with Crippen LogP contribution in [-0.2, 0) is 21.1 Å². The van der Waals surface area contributed by atoms with Gasteiger partial charge in [0.1, 0.15) is 0 Å². The molecule has 0 aliphatic carbocycles. The SMILES string of the molecule is Cn1c(=O)c2c(ncn2C)n(C)c1=O.O=[N+]([O-])O. The van der Waals surface area contributed by atoms with Crippen molar-refractivity contribution < 1.29 is 10.3 Å². The van der Waals surface area contributed by atoms with Gasteiger partial charge in [-0.05, 0) is 0 Å². The Hall–Kier alpha value is -2.65. The molecule has 2 aromatic rings. The van der Waals surface area contributed by atoms with Gasteiger partial charge in [-0.1, -0.05) is 0 Å². The number of aryl methyl sites for hydroxylation is 2. The van der Waals surface area contributed by atoms with Crippen molar-refractivity contribution in [2.75, 3.05) is 0 Å². The molecule has 0 aliphatic rings. The van der Waals surface area contributed by atoms with Gasteiger partial charge in [0.15, 0.2) is 11.2 Å². The van der Waals surface area contributed by atoms with Crippen molar-refractivity contribution in [3.05, 3.63) is 37.3 Å². The van der Waals surface area contributed by atoms with Crippen molar-refractivity contribution in [1.82, 2.24) is 18.7 Å². The van der Waals surface area contributed by atoms with Crippen molar-refractivity contribution in [3.63, 3.8) is 0 Å². The molecule has 18 heavy (non-hydrogen) atoms. The zero-order chi connectivity index (χ0) is 14.0. The van der Waals surface area contributed by atoms with E-state index in [1.54, 1.807) is 18.7 Å². The van der Waals surface area contributed by atoms with Gasteiger partial charge in [-0.15, -0.1) is 10.1 Å². The molecule has 2 rings (SSSR count). The summed E-state index contributed by atoms with van der Waals surface area (Å²) in [7, 11) is 4.77. The second-order valence-electron chi connectivity index (χ2n) is 3.47. The zero-order valence-electron chi connectivity index (χ0n) is 9.89. The topological polar surface area (TPSA) is 125 Å². The van der Waals surface area contributed by atoms with Gasteiger partial charge in [-0.2, -0.15) is 0 Å². The first-order chi connectivity index (χ1) is 8.27. The van der Waals surface area contributed by atoms with Gasteiger partial charge in [0.2, 0.25) is 0 Å². The van der Waals surface area contributed by atoms with Crippen LogP contribution in [0.25, 0.3) is 11.2 Å². The lowest BCUT2D eigenvalue weighted by Crippen LogP contribution is -2.37. The summed E-state index contributed by atoms with van der Waals surface area (Å²) in [4.78, 5) is 35.5. The Morgan fingerprint density at radius 2 is 1.78 bits per heavy atom. The summed E-state index contributed by atoms with van der Waals surface area (Å²) in [6, 6.07) is 0. The van der Waals surface area contributed by atoms with Crippen molar-refractivity contribution in [3.8, 4) is 0 Å². The molecule has 0 fully saturated rings. The Balaban J connectivity index is 0.000000357. The molecule has 10 nitrogen and oxygen atoms in total. The second kappa shape index (κ2) is 4.69. The van der Waals surface area contributed by atoms with Gasteiger partial charge in [0.05, 0.1) is 6.33 Å². The van der Waals surface area contributed by atoms with E-state index in [0.29, 0.717) is 11.2 Å². The monoisotopic (exact) mass is 257 g/mol. The molecule has 0 amide bonds. The summed E-state index contributed by atoms with van der Waals surface area (Å²) in [5.74, 6) is 0. The molecule has 0 radical (unpaired) electrons. The average molecular weight is 257 g/mol. The molecule has 98 valence electrons. The molecule has 0 spiro atoms. The largest absolute Gasteiger partial charge is 0.332 e. The highest BCUT2D eigenvalue weighted by Crippen LogP contribution is 2.01. The van der Waals surface area contributed by atoms with Gasteiger partial charge in [0.25, 0.3) is 10.6 Å². The molecule has 0 aliphatic heterocycles. The van der Waals surface area contributed by atoms with Gasteiger partial charge in [-0.25, -0.2) is 9.78 Å². The summed E-state index contributed by atoms with van der Waals surface area (Å²) in [5.41, 5.74) is 0.180. The number of hydrogen-bond acceptors (Lipinski definition) is 5. The first-order valence-electron chi connectivity index (χ1n) is 4.67.